The molecule has 0 radical (unpaired) electrons. The maximum absolute atomic E-state index is 11.2. The van der Waals surface area contributed by atoms with E-state index >= 15 is 0 Å². The first-order chi connectivity index (χ1) is 14.2. The highest BCUT2D eigenvalue weighted by Gasteiger charge is 2.23. The molecule has 0 saturated heterocycles. The molecule has 0 spiro atoms. The quantitative estimate of drug-likeness (QED) is 0.443. The van der Waals surface area contributed by atoms with Crippen LogP contribution < -0.4 is 10.9 Å². The van der Waals surface area contributed by atoms with Crippen LogP contribution in [-0.4, -0.2) is 16.1 Å². The summed E-state index contributed by atoms with van der Waals surface area (Å²) < 4.78 is 5.85. The Hall–Kier alpha value is -2.70. The summed E-state index contributed by atoms with van der Waals surface area (Å²) in [5, 5.41) is 12.1. The van der Waals surface area contributed by atoms with Gasteiger partial charge in [-0.05, 0) is 47.7 Å². The van der Waals surface area contributed by atoms with Crippen LogP contribution in [-0.2, 0) is 6.61 Å². The van der Waals surface area contributed by atoms with Gasteiger partial charge in [0.25, 0.3) is 0 Å². The van der Waals surface area contributed by atoms with Gasteiger partial charge >= 0.3 is 5.97 Å². The summed E-state index contributed by atoms with van der Waals surface area (Å²) in [7, 11) is 0. The highest BCUT2D eigenvalue weighted by atomic mass is 32.1. The second-order valence-electron chi connectivity index (χ2n) is 7.65. The van der Waals surface area contributed by atoms with E-state index < -0.39 is 5.97 Å². The van der Waals surface area contributed by atoms with Gasteiger partial charge in [0.05, 0.1) is 5.56 Å². The predicted octanol–water partition coefficient (Wildman–Crippen LogP) is 6.29. The summed E-state index contributed by atoms with van der Waals surface area (Å²) in [5.41, 5.74) is 2.76. The van der Waals surface area contributed by atoms with E-state index in [4.69, 9.17) is 4.74 Å². The molecular weight excluding hydrogens is 396 g/mol. The molecule has 4 rings (SSSR count). The predicted molar refractivity (Wildman–Crippen MR) is 120 cm³/mol. The van der Waals surface area contributed by atoms with Gasteiger partial charge in [-0.15, -0.1) is 11.3 Å². The molecule has 1 aliphatic rings. The molecule has 1 aliphatic carbocycles. The Balaban J connectivity index is 0.00000256. The van der Waals surface area contributed by atoms with Crippen molar-refractivity contribution in [3.63, 3.8) is 0 Å². The highest BCUT2D eigenvalue weighted by molar-refractivity contribution is 7.09. The first-order valence-electron chi connectivity index (χ1n) is 10.1. The number of carbonyl (C=O) groups is 1. The molecule has 6 heteroatoms. The lowest BCUT2D eigenvalue weighted by Gasteiger charge is -2.22. The zero-order valence-electron chi connectivity index (χ0n) is 17.0. The van der Waals surface area contributed by atoms with E-state index in [-0.39, 0.29) is 12.1 Å². The molecule has 158 valence electrons. The average Bonchev–Trinajstić information content (AvgIpc) is 3.45. The van der Waals surface area contributed by atoms with Crippen molar-refractivity contribution in [2.24, 2.45) is 5.92 Å². The molecule has 1 unspecified atom stereocenters. The Bertz CT molecular complexity index is 918. The largest absolute Gasteiger partial charge is 0.486 e. The maximum atomic E-state index is 11.2. The second kappa shape index (κ2) is 10.4. The molecular formula is C24H28N2O3S. The number of hydrogen-bond acceptors (Lipinski definition) is 5. The van der Waals surface area contributed by atoms with Gasteiger partial charge < -0.3 is 16.0 Å². The van der Waals surface area contributed by atoms with Crippen molar-refractivity contribution in [1.29, 1.82) is 0 Å². The lowest BCUT2D eigenvalue weighted by atomic mass is 9.83. The lowest BCUT2D eigenvalue weighted by Crippen LogP contribution is -2.08. The number of rotatable bonds is 8. The number of aromatic carboxylic acids is 1. The van der Waals surface area contributed by atoms with E-state index in [0.717, 1.165) is 23.1 Å². The number of ether oxygens (including phenoxy) is 1. The van der Waals surface area contributed by atoms with Crippen LogP contribution >= 0.6 is 11.3 Å². The van der Waals surface area contributed by atoms with Crippen LogP contribution in [0.4, 0.5) is 0 Å². The summed E-state index contributed by atoms with van der Waals surface area (Å²) in [6.07, 6.45) is 8.11. The Kier molecular flexibility index (Phi) is 7.60. The van der Waals surface area contributed by atoms with Crippen LogP contribution in [0.3, 0.4) is 0 Å². The standard InChI is InChI=1S/C24H25NO3S.H3N/c26-24(27)20-7-5-18(6-8-20)22(15-17-3-1-2-4-17)19-9-11-21(12-10-19)28-16-23-25-13-14-29-23;/h5-14,17,22H,1-4,15-16H2,(H,26,27);1H3. The van der Waals surface area contributed by atoms with Crippen LogP contribution in [0.1, 0.15) is 64.5 Å². The zero-order valence-corrected chi connectivity index (χ0v) is 17.8. The van der Waals surface area contributed by atoms with Gasteiger partial charge in [0.1, 0.15) is 17.4 Å². The van der Waals surface area contributed by atoms with Gasteiger partial charge in [0, 0.05) is 17.5 Å². The third kappa shape index (κ3) is 5.46. The van der Waals surface area contributed by atoms with Gasteiger partial charge in [-0.3, -0.25) is 0 Å². The third-order valence-electron chi connectivity index (χ3n) is 5.73. The van der Waals surface area contributed by atoms with Crippen LogP contribution in [0.25, 0.3) is 0 Å². The Morgan fingerprint density at radius 1 is 1.07 bits per heavy atom. The molecule has 0 bridgehead atoms. The first-order valence-corrected chi connectivity index (χ1v) is 11.0. The smallest absolute Gasteiger partial charge is 0.335 e. The van der Waals surface area contributed by atoms with Gasteiger partial charge in [-0.1, -0.05) is 49.9 Å². The summed E-state index contributed by atoms with van der Waals surface area (Å²) in [6, 6.07) is 15.7. The summed E-state index contributed by atoms with van der Waals surface area (Å²) >= 11 is 1.59. The monoisotopic (exact) mass is 424 g/mol. The van der Waals surface area contributed by atoms with Crippen molar-refractivity contribution >= 4 is 17.3 Å². The van der Waals surface area contributed by atoms with E-state index in [9.17, 15) is 9.90 Å². The number of carboxylic acids is 1. The summed E-state index contributed by atoms with van der Waals surface area (Å²) in [5.74, 6) is 0.962. The van der Waals surface area contributed by atoms with Crippen molar-refractivity contribution in [2.75, 3.05) is 0 Å². The molecule has 1 aromatic heterocycles. The molecule has 4 N–H and O–H groups in total. The Morgan fingerprint density at radius 2 is 1.70 bits per heavy atom. The third-order valence-corrected chi connectivity index (χ3v) is 6.49. The molecule has 30 heavy (non-hydrogen) atoms. The lowest BCUT2D eigenvalue weighted by molar-refractivity contribution is 0.0697. The number of benzene rings is 2. The Morgan fingerprint density at radius 3 is 2.27 bits per heavy atom. The summed E-state index contributed by atoms with van der Waals surface area (Å²) in [4.78, 5) is 15.4. The topological polar surface area (TPSA) is 94.4 Å². The van der Waals surface area contributed by atoms with Crippen molar-refractivity contribution in [3.05, 3.63) is 81.8 Å². The van der Waals surface area contributed by atoms with E-state index in [1.165, 1.54) is 36.8 Å². The average molecular weight is 425 g/mol. The molecule has 3 aromatic rings. The Labute approximate surface area is 181 Å². The fourth-order valence-electron chi connectivity index (χ4n) is 4.17. The first kappa shape index (κ1) is 22.0. The number of aromatic nitrogens is 1. The number of thiazole rings is 1. The normalized spacial score (nSPS) is 14.8. The van der Waals surface area contributed by atoms with Crippen molar-refractivity contribution < 1.29 is 14.6 Å². The van der Waals surface area contributed by atoms with Crippen molar-refractivity contribution in [2.45, 2.75) is 44.6 Å². The van der Waals surface area contributed by atoms with Gasteiger partial charge in [0.15, 0.2) is 0 Å². The van der Waals surface area contributed by atoms with Crippen LogP contribution in [0.2, 0.25) is 0 Å². The molecule has 1 fully saturated rings. The number of nitrogens with zero attached hydrogens (tertiary/aromatic N) is 1. The van der Waals surface area contributed by atoms with Crippen LogP contribution in [0.5, 0.6) is 5.75 Å². The molecule has 0 aliphatic heterocycles. The molecule has 0 amide bonds. The fraction of sp³-hybridized carbons (Fsp3) is 0.333. The van der Waals surface area contributed by atoms with E-state index in [0.29, 0.717) is 12.2 Å². The second-order valence-corrected chi connectivity index (χ2v) is 8.63. The summed E-state index contributed by atoms with van der Waals surface area (Å²) in [6.45, 7) is 0.485. The van der Waals surface area contributed by atoms with Gasteiger partial charge in [-0.25, -0.2) is 9.78 Å². The zero-order chi connectivity index (χ0) is 20.1. The van der Waals surface area contributed by atoms with Gasteiger partial charge in [0.2, 0.25) is 0 Å². The van der Waals surface area contributed by atoms with Crippen LogP contribution in [0, 0.1) is 5.92 Å². The SMILES string of the molecule is N.O=C(O)c1ccc(C(CC2CCCC2)c2ccc(OCc3nccs3)cc2)cc1. The van der Waals surface area contributed by atoms with Crippen molar-refractivity contribution in [3.8, 4) is 5.75 Å². The molecule has 5 nitrogen and oxygen atoms in total. The minimum Gasteiger partial charge on any atom is -0.486 e. The maximum Gasteiger partial charge on any atom is 0.335 e. The van der Waals surface area contributed by atoms with Crippen LogP contribution in [0.15, 0.2) is 60.1 Å². The minimum atomic E-state index is -0.884. The molecule has 2 aromatic carbocycles. The van der Waals surface area contributed by atoms with E-state index in [1.807, 2.05) is 29.6 Å². The highest BCUT2D eigenvalue weighted by Crippen LogP contribution is 2.38. The minimum absolute atomic E-state index is 0. The molecule has 1 saturated carbocycles. The fourth-order valence-corrected chi connectivity index (χ4v) is 4.70. The number of hydrogen-bond donors (Lipinski definition) is 2. The molecule has 1 heterocycles. The van der Waals surface area contributed by atoms with E-state index in [2.05, 4.69) is 17.1 Å². The van der Waals surface area contributed by atoms with Gasteiger partial charge in [-0.2, -0.15) is 0 Å². The van der Waals surface area contributed by atoms with E-state index in [1.54, 1.807) is 29.7 Å². The number of carboxylic acid groups (broad SMARTS) is 1. The molecule has 1 atom stereocenters. The van der Waals surface area contributed by atoms with Crippen molar-refractivity contribution in [1.82, 2.24) is 11.1 Å².